The van der Waals surface area contributed by atoms with Crippen molar-refractivity contribution in [3.8, 4) is 0 Å². The number of aromatic nitrogens is 1. The molecule has 1 aromatic carbocycles. The first-order valence-electron chi connectivity index (χ1n) is 10.4. The number of nitrogens with zero attached hydrogens (tertiary/aromatic N) is 1. The quantitative estimate of drug-likeness (QED) is 0.517. The summed E-state index contributed by atoms with van der Waals surface area (Å²) in [6, 6.07) is 12.1. The van der Waals surface area contributed by atoms with Crippen LogP contribution in [0.15, 0.2) is 36.4 Å². The number of Topliss-reactive ketones (excluding diaryl/α,β-unsaturated/α-hetero) is 1. The van der Waals surface area contributed by atoms with Crippen molar-refractivity contribution in [2.24, 2.45) is 17.8 Å². The predicted octanol–water partition coefficient (Wildman–Crippen LogP) is 4.71. The van der Waals surface area contributed by atoms with E-state index in [2.05, 4.69) is 16.7 Å². The van der Waals surface area contributed by atoms with Gasteiger partial charge >= 0.3 is 5.97 Å². The highest BCUT2D eigenvalue weighted by molar-refractivity contribution is 5.99. The Kier molecular flexibility index (Phi) is 5.38. The van der Waals surface area contributed by atoms with Crippen molar-refractivity contribution < 1.29 is 14.3 Å². The van der Waals surface area contributed by atoms with Gasteiger partial charge in [0.15, 0.2) is 6.61 Å². The predicted molar refractivity (Wildman–Crippen MR) is 108 cm³/mol. The second-order valence-corrected chi connectivity index (χ2v) is 8.58. The van der Waals surface area contributed by atoms with Gasteiger partial charge in [-0.25, -0.2) is 0 Å². The minimum Gasteiger partial charge on any atom is -0.457 e. The number of aryl methyl sites for hydroxylation is 1. The molecule has 2 bridgehead atoms. The molecule has 1 aromatic heterocycles. The van der Waals surface area contributed by atoms with Crippen LogP contribution in [-0.4, -0.2) is 22.9 Å². The van der Waals surface area contributed by atoms with Gasteiger partial charge in [-0.05, 0) is 62.5 Å². The third kappa shape index (κ3) is 3.91. The molecule has 0 aliphatic heterocycles. The van der Waals surface area contributed by atoms with Gasteiger partial charge in [0.1, 0.15) is 0 Å². The van der Waals surface area contributed by atoms with Gasteiger partial charge in [0.25, 0.3) is 0 Å². The number of benzene rings is 1. The molecule has 2 aliphatic rings. The topological polar surface area (TPSA) is 48.3 Å². The summed E-state index contributed by atoms with van der Waals surface area (Å²) in [7, 11) is 0. The zero-order chi connectivity index (χ0) is 19.7. The van der Waals surface area contributed by atoms with E-state index < -0.39 is 0 Å². The van der Waals surface area contributed by atoms with Crippen molar-refractivity contribution in [3.05, 3.63) is 58.9 Å². The van der Waals surface area contributed by atoms with Gasteiger partial charge < -0.3 is 9.30 Å². The third-order valence-corrected chi connectivity index (χ3v) is 6.74. The molecule has 0 saturated heterocycles. The molecule has 2 fully saturated rings. The third-order valence-electron chi connectivity index (χ3n) is 6.74. The molecule has 1 heterocycles. The van der Waals surface area contributed by atoms with E-state index in [9.17, 15) is 9.59 Å². The van der Waals surface area contributed by atoms with Crippen LogP contribution in [0.3, 0.4) is 0 Å². The Balaban J connectivity index is 1.34. The summed E-state index contributed by atoms with van der Waals surface area (Å²) in [5.41, 5.74) is 3.82. The Bertz CT molecular complexity index is 867. The summed E-state index contributed by atoms with van der Waals surface area (Å²) < 4.78 is 7.49. The van der Waals surface area contributed by atoms with Crippen molar-refractivity contribution in [1.82, 2.24) is 4.57 Å². The van der Waals surface area contributed by atoms with Crippen molar-refractivity contribution in [1.29, 1.82) is 0 Å². The van der Waals surface area contributed by atoms with Crippen molar-refractivity contribution in [2.45, 2.75) is 52.5 Å². The number of fused-ring (bicyclic) bond motifs is 2. The Hall–Kier alpha value is -2.36. The lowest BCUT2D eigenvalue weighted by Crippen LogP contribution is -2.20. The second kappa shape index (κ2) is 7.94. The van der Waals surface area contributed by atoms with E-state index in [1.54, 1.807) is 0 Å². The highest BCUT2D eigenvalue weighted by Crippen LogP contribution is 2.49. The zero-order valence-corrected chi connectivity index (χ0v) is 16.8. The van der Waals surface area contributed by atoms with E-state index in [-0.39, 0.29) is 18.4 Å². The first-order valence-corrected chi connectivity index (χ1v) is 10.4. The van der Waals surface area contributed by atoms with Crippen LogP contribution in [0.1, 0.15) is 59.4 Å². The molecule has 4 rings (SSSR count). The van der Waals surface area contributed by atoms with Gasteiger partial charge in [0, 0.05) is 29.9 Å². The van der Waals surface area contributed by atoms with Gasteiger partial charge in [-0.3, -0.25) is 9.59 Å². The summed E-state index contributed by atoms with van der Waals surface area (Å²) >= 11 is 0. The Morgan fingerprint density at radius 2 is 1.89 bits per heavy atom. The van der Waals surface area contributed by atoms with Gasteiger partial charge in [-0.1, -0.05) is 36.8 Å². The van der Waals surface area contributed by atoms with E-state index in [1.165, 1.54) is 24.8 Å². The molecule has 4 nitrogen and oxygen atoms in total. The summed E-state index contributed by atoms with van der Waals surface area (Å²) in [5, 5.41) is 0. The molecule has 0 spiro atoms. The van der Waals surface area contributed by atoms with E-state index >= 15 is 0 Å². The molecule has 3 atom stereocenters. The molecule has 2 aromatic rings. The van der Waals surface area contributed by atoms with Gasteiger partial charge in [0.2, 0.25) is 5.78 Å². The molecule has 0 N–H and O–H groups in total. The molecule has 4 heteroatoms. The van der Waals surface area contributed by atoms with Gasteiger partial charge in [0.05, 0.1) is 0 Å². The lowest BCUT2D eigenvalue weighted by molar-refractivity contribution is -0.144. The molecule has 0 radical (unpaired) electrons. The molecule has 2 aliphatic carbocycles. The number of ether oxygens (including phenoxy) is 1. The standard InChI is InChI=1S/C24H29NO3/c1-16-10-22(17(2)25(16)14-18-6-4-3-5-7-18)23(26)15-28-24(27)13-21-12-19-8-9-20(21)11-19/h3-7,10,19-21H,8-9,11-15H2,1-2H3/t19-,20-,21+/m1/s1. The van der Waals surface area contributed by atoms with Crippen molar-refractivity contribution >= 4 is 11.8 Å². The molecule has 2 saturated carbocycles. The Morgan fingerprint density at radius 3 is 2.57 bits per heavy atom. The van der Waals surface area contributed by atoms with Crippen LogP contribution in [-0.2, 0) is 16.1 Å². The minimum atomic E-state index is -0.219. The maximum Gasteiger partial charge on any atom is 0.306 e. The Morgan fingerprint density at radius 1 is 1.11 bits per heavy atom. The smallest absolute Gasteiger partial charge is 0.306 e. The van der Waals surface area contributed by atoms with Crippen molar-refractivity contribution in [3.63, 3.8) is 0 Å². The van der Waals surface area contributed by atoms with Crippen LogP contribution in [0.2, 0.25) is 0 Å². The minimum absolute atomic E-state index is 0.117. The van der Waals surface area contributed by atoms with Gasteiger partial charge in [-0.2, -0.15) is 0 Å². The van der Waals surface area contributed by atoms with E-state index in [1.807, 2.05) is 38.1 Å². The average molecular weight is 380 g/mol. The first-order chi connectivity index (χ1) is 13.5. The van der Waals surface area contributed by atoms with Gasteiger partial charge in [-0.15, -0.1) is 0 Å². The number of ketones is 1. The van der Waals surface area contributed by atoms with Crippen LogP contribution in [0.5, 0.6) is 0 Å². The van der Waals surface area contributed by atoms with Crippen LogP contribution in [0.25, 0.3) is 0 Å². The maximum absolute atomic E-state index is 12.7. The maximum atomic E-state index is 12.7. The second-order valence-electron chi connectivity index (χ2n) is 8.58. The number of hydrogen-bond acceptors (Lipinski definition) is 3. The van der Waals surface area contributed by atoms with Crippen molar-refractivity contribution in [2.75, 3.05) is 6.61 Å². The normalized spacial score (nSPS) is 23.1. The fourth-order valence-electron chi connectivity index (χ4n) is 5.22. The highest BCUT2D eigenvalue weighted by atomic mass is 16.5. The molecule has 28 heavy (non-hydrogen) atoms. The van der Waals surface area contributed by atoms with E-state index in [0.29, 0.717) is 23.8 Å². The molecule has 148 valence electrons. The molecular formula is C24H29NO3. The number of rotatable bonds is 7. The molecule has 0 unspecified atom stereocenters. The van der Waals surface area contributed by atoms with Crippen LogP contribution in [0, 0.1) is 31.6 Å². The van der Waals surface area contributed by atoms with E-state index in [0.717, 1.165) is 30.3 Å². The fraction of sp³-hybridized carbons (Fsp3) is 0.500. The lowest BCUT2D eigenvalue weighted by Gasteiger charge is -2.20. The monoisotopic (exact) mass is 379 g/mol. The Labute approximate surface area is 166 Å². The summed E-state index contributed by atoms with van der Waals surface area (Å²) in [4.78, 5) is 24.9. The summed E-state index contributed by atoms with van der Waals surface area (Å²) in [5.74, 6) is 1.65. The van der Waals surface area contributed by atoms with Crippen LogP contribution < -0.4 is 0 Å². The summed E-state index contributed by atoms with van der Waals surface area (Å²) in [6.07, 6.45) is 5.50. The zero-order valence-electron chi connectivity index (χ0n) is 16.8. The van der Waals surface area contributed by atoms with E-state index in [4.69, 9.17) is 4.74 Å². The number of carbonyl (C=O) groups is 2. The lowest BCUT2D eigenvalue weighted by atomic mass is 9.86. The van der Waals surface area contributed by atoms with Crippen LogP contribution >= 0.6 is 0 Å². The average Bonchev–Trinajstić information content (AvgIpc) is 3.38. The SMILES string of the molecule is Cc1cc(C(=O)COC(=O)C[C@@H]2C[C@@H]3CC[C@@H]2C3)c(C)n1Cc1ccccc1. The number of esters is 1. The summed E-state index contributed by atoms with van der Waals surface area (Å²) in [6.45, 7) is 4.54. The molecule has 0 amide bonds. The number of hydrogen-bond donors (Lipinski definition) is 0. The highest BCUT2D eigenvalue weighted by Gasteiger charge is 2.40. The number of carbonyl (C=O) groups excluding carboxylic acids is 2. The fourth-order valence-corrected chi connectivity index (χ4v) is 5.22. The largest absolute Gasteiger partial charge is 0.457 e. The molecular weight excluding hydrogens is 350 g/mol. The first kappa shape index (κ1) is 19.0. The van der Waals surface area contributed by atoms with Crippen LogP contribution in [0.4, 0.5) is 0 Å².